The summed E-state index contributed by atoms with van der Waals surface area (Å²) in [4.78, 5) is 24.4. The Hall–Kier alpha value is -1.26. The highest BCUT2D eigenvalue weighted by Gasteiger charge is 2.30. The first-order chi connectivity index (χ1) is 8.41. The lowest BCUT2D eigenvalue weighted by atomic mass is 9.98. The van der Waals surface area contributed by atoms with E-state index in [9.17, 15) is 9.59 Å². The summed E-state index contributed by atoms with van der Waals surface area (Å²) in [7, 11) is 0. The van der Waals surface area contributed by atoms with Crippen LogP contribution in [0.2, 0.25) is 0 Å². The molecule has 1 saturated heterocycles. The molecule has 18 heavy (non-hydrogen) atoms. The van der Waals surface area contributed by atoms with E-state index in [0.29, 0.717) is 24.9 Å². The predicted octanol–water partition coefficient (Wildman–Crippen LogP) is 1.93. The molecule has 1 fully saturated rings. The molecule has 0 spiro atoms. The number of hydrogen-bond donors (Lipinski definition) is 2. The number of carboxylic acids is 1. The van der Waals surface area contributed by atoms with Gasteiger partial charge in [0.15, 0.2) is 0 Å². The van der Waals surface area contributed by atoms with E-state index < -0.39 is 5.97 Å². The largest absolute Gasteiger partial charge is 0.481 e. The van der Waals surface area contributed by atoms with Crippen molar-refractivity contribution >= 4 is 12.0 Å². The summed E-state index contributed by atoms with van der Waals surface area (Å²) in [5.41, 5.74) is 0. The molecule has 0 aliphatic carbocycles. The van der Waals surface area contributed by atoms with Crippen molar-refractivity contribution in [2.45, 2.75) is 46.1 Å². The number of hydrogen-bond acceptors (Lipinski definition) is 2. The van der Waals surface area contributed by atoms with Crippen LogP contribution < -0.4 is 5.32 Å². The van der Waals surface area contributed by atoms with E-state index in [1.54, 1.807) is 4.90 Å². The van der Waals surface area contributed by atoms with Crippen LogP contribution >= 0.6 is 0 Å². The number of likely N-dealkylation sites (tertiary alicyclic amines) is 1. The van der Waals surface area contributed by atoms with Gasteiger partial charge in [0.05, 0.1) is 6.42 Å². The first-order valence-electron chi connectivity index (χ1n) is 6.68. The topological polar surface area (TPSA) is 69.6 Å². The Morgan fingerprint density at radius 1 is 1.39 bits per heavy atom. The van der Waals surface area contributed by atoms with Crippen LogP contribution in [0.5, 0.6) is 0 Å². The molecule has 0 radical (unpaired) electrons. The smallest absolute Gasteiger partial charge is 0.317 e. The molecule has 0 aromatic rings. The number of carbonyl (C=O) groups is 2. The Bertz CT molecular complexity index is 305. The van der Waals surface area contributed by atoms with Crippen LogP contribution in [0.4, 0.5) is 4.79 Å². The van der Waals surface area contributed by atoms with Gasteiger partial charge in [-0.2, -0.15) is 0 Å². The minimum Gasteiger partial charge on any atom is -0.481 e. The fraction of sp³-hybridized carbons (Fsp3) is 0.846. The van der Waals surface area contributed by atoms with Crippen molar-refractivity contribution in [1.29, 1.82) is 0 Å². The van der Waals surface area contributed by atoms with Gasteiger partial charge in [0.2, 0.25) is 0 Å². The van der Waals surface area contributed by atoms with Crippen LogP contribution in [0.25, 0.3) is 0 Å². The summed E-state index contributed by atoms with van der Waals surface area (Å²) in [5, 5.41) is 11.7. The highest BCUT2D eigenvalue weighted by Crippen LogP contribution is 2.20. The normalized spacial score (nSPS) is 21.1. The Balaban J connectivity index is 2.43. The summed E-state index contributed by atoms with van der Waals surface area (Å²) in [6.07, 6.45) is 1.73. The van der Waals surface area contributed by atoms with Crippen molar-refractivity contribution in [2.75, 3.05) is 13.1 Å². The summed E-state index contributed by atoms with van der Waals surface area (Å²) >= 11 is 0. The number of aliphatic carboxylic acids is 1. The van der Waals surface area contributed by atoms with Gasteiger partial charge in [0, 0.05) is 19.1 Å². The summed E-state index contributed by atoms with van der Waals surface area (Å²) in [6, 6.07) is -0.261. The molecule has 1 rings (SSSR count). The molecule has 2 N–H and O–H groups in total. The van der Waals surface area contributed by atoms with Crippen molar-refractivity contribution in [1.82, 2.24) is 10.2 Å². The first-order valence-corrected chi connectivity index (χ1v) is 6.68. The molecule has 0 bridgehead atoms. The van der Waals surface area contributed by atoms with E-state index in [1.807, 2.05) is 0 Å². The molecule has 1 aliphatic heterocycles. The van der Waals surface area contributed by atoms with E-state index in [4.69, 9.17) is 5.11 Å². The van der Waals surface area contributed by atoms with E-state index in [0.717, 1.165) is 12.8 Å². The molecule has 0 aromatic heterocycles. The third-order valence-electron chi connectivity index (χ3n) is 3.76. The molecule has 0 saturated carbocycles. The lowest BCUT2D eigenvalue weighted by Gasteiger charge is -2.25. The van der Waals surface area contributed by atoms with Gasteiger partial charge in [-0.15, -0.1) is 0 Å². The molecule has 2 unspecified atom stereocenters. The van der Waals surface area contributed by atoms with Gasteiger partial charge >= 0.3 is 12.0 Å². The van der Waals surface area contributed by atoms with E-state index in [2.05, 4.69) is 26.1 Å². The van der Waals surface area contributed by atoms with E-state index in [-0.39, 0.29) is 18.5 Å². The second-order valence-corrected chi connectivity index (χ2v) is 5.49. The highest BCUT2D eigenvalue weighted by molar-refractivity contribution is 5.76. The second kappa shape index (κ2) is 6.61. The number of rotatable bonds is 5. The van der Waals surface area contributed by atoms with E-state index >= 15 is 0 Å². The fourth-order valence-electron chi connectivity index (χ4n) is 2.10. The minimum atomic E-state index is -0.838. The third kappa shape index (κ3) is 4.20. The number of amides is 2. The van der Waals surface area contributed by atoms with Gasteiger partial charge in [-0.05, 0) is 24.7 Å². The molecule has 104 valence electrons. The van der Waals surface area contributed by atoms with Gasteiger partial charge in [-0.3, -0.25) is 4.79 Å². The van der Waals surface area contributed by atoms with Crippen LogP contribution in [0.1, 0.15) is 40.0 Å². The molecule has 5 nitrogen and oxygen atoms in total. The molecule has 2 amide bonds. The Kier molecular flexibility index (Phi) is 5.44. The molecular weight excluding hydrogens is 232 g/mol. The van der Waals surface area contributed by atoms with Crippen LogP contribution in [0.15, 0.2) is 0 Å². The maximum atomic E-state index is 12.0. The van der Waals surface area contributed by atoms with Crippen molar-refractivity contribution in [3.63, 3.8) is 0 Å². The van der Waals surface area contributed by atoms with Crippen LogP contribution in [0, 0.1) is 11.8 Å². The Morgan fingerprint density at radius 3 is 2.61 bits per heavy atom. The second-order valence-electron chi connectivity index (χ2n) is 5.49. The lowest BCUT2D eigenvalue weighted by Crippen LogP contribution is -2.45. The summed E-state index contributed by atoms with van der Waals surface area (Å²) < 4.78 is 0. The standard InChI is InChI=1S/C13H24N2O3/c1-9(2)10(3)8-14-13(18)15-6-4-5-11(15)7-12(16)17/h9-11H,4-8H2,1-3H3,(H,14,18)(H,16,17). The van der Waals surface area contributed by atoms with Crippen molar-refractivity contribution in [3.05, 3.63) is 0 Å². The van der Waals surface area contributed by atoms with E-state index in [1.165, 1.54) is 0 Å². The molecule has 1 heterocycles. The number of nitrogens with one attached hydrogen (secondary N) is 1. The maximum absolute atomic E-state index is 12.0. The number of urea groups is 1. The maximum Gasteiger partial charge on any atom is 0.317 e. The van der Waals surface area contributed by atoms with Crippen LogP contribution in [-0.2, 0) is 4.79 Å². The van der Waals surface area contributed by atoms with Gasteiger partial charge in [0.1, 0.15) is 0 Å². The molecule has 1 aliphatic rings. The van der Waals surface area contributed by atoms with Crippen LogP contribution in [0.3, 0.4) is 0 Å². The Labute approximate surface area is 109 Å². The predicted molar refractivity (Wildman–Crippen MR) is 69.4 cm³/mol. The van der Waals surface area contributed by atoms with Crippen LogP contribution in [-0.4, -0.2) is 41.1 Å². The average Bonchev–Trinajstić information content (AvgIpc) is 2.72. The Morgan fingerprint density at radius 2 is 2.06 bits per heavy atom. The zero-order chi connectivity index (χ0) is 13.7. The summed E-state index contributed by atoms with van der Waals surface area (Å²) in [5.74, 6) is 0.114. The quantitative estimate of drug-likeness (QED) is 0.789. The molecule has 2 atom stereocenters. The van der Waals surface area contributed by atoms with Gasteiger partial charge < -0.3 is 15.3 Å². The molecular formula is C13H24N2O3. The number of carbonyl (C=O) groups excluding carboxylic acids is 1. The monoisotopic (exact) mass is 256 g/mol. The van der Waals surface area contributed by atoms with Gasteiger partial charge in [0.25, 0.3) is 0 Å². The SMILES string of the molecule is CC(C)C(C)CNC(=O)N1CCCC1CC(=O)O. The number of nitrogens with zero attached hydrogens (tertiary/aromatic N) is 1. The van der Waals surface area contributed by atoms with Crippen molar-refractivity contribution in [3.8, 4) is 0 Å². The minimum absolute atomic E-state index is 0.0488. The lowest BCUT2D eigenvalue weighted by molar-refractivity contribution is -0.137. The fourth-order valence-corrected chi connectivity index (χ4v) is 2.10. The van der Waals surface area contributed by atoms with Gasteiger partial charge in [-0.1, -0.05) is 20.8 Å². The highest BCUT2D eigenvalue weighted by atomic mass is 16.4. The average molecular weight is 256 g/mol. The number of carboxylic acid groups (broad SMARTS) is 1. The zero-order valence-corrected chi connectivity index (χ0v) is 11.5. The molecule has 5 heteroatoms. The van der Waals surface area contributed by atoms with Gasteiger partial charge in [-0.25, -0.2) is 4.79 Å². The zero-order valence-electron chi connectivity index (χ0n) is 11.5. The first kappa shape index (κ1) is 14.8. The third-order valence-corrected chi connectivity index (χ3v) is 3.76. The van der Waals surface area contributed by atoms with Crippen molar-refractivity contribution in [2.24, 2.45) is 11.8 Å². The molecule has 0 aromatic carbocycles. The van der Waals surface area contributed by atoms with Crippen molar-refractivity contribution < 1.29 is 14.7 Å². The summed E-state index contributed by atoms with van der Waals surface area (Å²) in [6.45, 7) is 7.66.